The van der Waals surface area contributed by atoms with Crippen molar-refractivity contribution in [2.45, 2.75) is 40.2 Å². The van der Waals surface area contributed by atoms with E-state index in [4.69, 9.17) is 4.52 Å². The molecule has 4 rings (SSSR count). The monoisotopic (exact) mass is 429 g/mol. The van der Waals surface area contributed by atoms with Gasteiger partial charge in [-0.15, -0.1) is 11.3 Å². The number of nitrogens with zero attached hydrogens (tertiary/aromatic N) is 4. The highest BCUT2D eigenvalue weighted by Gasteiger charge is 2.26. The number of amides is 1. The molecular weight excluding hydrogens is 405 g/mol. The Kier molecular flexibility index (Phi) is 5.80. The second-order valence-electron chi connectivity index (χ2n) is 7.54. The summed E-state index contributed by atoms with van der Waals surface area (Å²) in [7, 11) is 0. The lowest BCUT2D eigenvalue weighted by atomic mass is 9.95. The van der Waals surface area contributed by atoms with Crippen LogP contribution in [0.4, 0.5) is 10.1 Å². The molecule has 0 bridgehead atoms. The molecule has 158 valence electrons. The molecule has 1 N–H and O–H groups in total. The molecule has 1 amide bonds. The first-order valence-electron chi connectivity index (χ1n) is 9.96. The molecule has 3 heterocycles. The van der Waals surface area contributed by atoms with Crippen molar-refractivity contribution in [2.75, 3.05) is 18.0 Å². The molecule has 3 aromatic rings. The van der Waals surface area contributed by atoms with Crippen LogP contribution >= 0.6 is 11.3 Å². The molecule has 1 aliphatic heterocycles. The Morgan fingerprint density at radius 1 is 1.27 bits per heavy atom. The Balaban J connectivity index is 1.33. The normalized spacial score (nSPS) is 14.9. The van der Waals surface area contributed by atoms with Crippen molar-refractivity contribution in [1.82, 2.24) is 20.4 Å². The van der Waals surface area contributed by atoms with Crippen LogP contribution in [0.5, 0.6) is 0 Å². The number of thiazole rings is 1. The maximum Gasteiger partial charge on any atom is 0.258 e. The summed E-state index contributed by atoms with van der Waals surface area (Å²) < 4.78 is 19.8. The highest BCUT2D eigenvalue weighted by molar-refractivity contribution is 7.11. The van der Waals surface area contributed by atoms with Gasteiger partial charge in [0.2, 0.25) is 5.91 Å². The van der Waals surface area contributed by atoms with Gasteiger partial charge in [-0.05, 0) is 51.8 Å². The summed E-state index contributed by atoms with van der Waals surface area (Å²) in [4.78, 5) is 24.3. The molecule has 1 aliphatic rings. The van der Waals surface area contributed by atoms with Crippen molar-refractivity contribution in [3.63, 3.8) is 0 Å². The van der Waals surface area contributed by atoms with Crippen molar-refractivity contribution in [3.8, 4) is 11.5 Å². The van der Waals surface area contributed by atoms with E-state index in [2.05, 4.69) is 20.4 Å². The molecule has 0 radical (unpaired) electrons. The van der Waals surface area contributed by atoms with Gasteiger partial charge < -0.3 is 14.7 Å². The zero-order chi connectivity index (χ0) is 21.3. The van der Waals surface area contributed by atoms with E-state index in [-0.39, 0.29) is 17.6 Å². The standard InChI is InChI=1S/C21H24FN5O2S/c1-12-13(2)30-19(24-12)11-23-20(28)15-6-8-27(9-7-15)18-5-4-16(10-17(18)22)21-25-14(3)26-29-21/h4-5,10,15H,6-9,11H2,1-3H3,(H,23,28). The number of halogens is 1. The Morgan fingerprint density at radius 3 is 2.63 bits per heavy atom. The van der Waals surface area contributed by atoms with Gasteiger partial charge >= 0.3 is 0 Å². The second kappa shape index (κ2) is 8.51. The zero-order valence-corrected chi connectivity index (χ0v) is 18.1. The van der Waals surface area contributed by atoms with Crippen molar-refractivity contribution < 1.29 is 13.7 Å². The Labute approximate surface area is 178 Å². The molecule has 30 heavy (non-hydrogen) atoms. The highest BCUT2D eigenvalue weighted by atomic mass is 32.1. The Bertz CT molecular complexity index is 1040. The molecule has 0 aliphatic carbocycles. The summed E-state index contributed by atoms with van der Waals surface area (Å²) in [5.41, 5.74) is 2.10. The maximum absolute atomic E-state index is 14.7. The fraction of sp³-hybridized carbons (Fsp3) is 0.429. The summed E-state index contributed by atoms with van der Waals surface area (Å²) in [6.07, 6.45) is 1.37. The summed E-state index contributed by atoms with van der Waals surface area (Å²) in [6, 6.07) is 4.93. The molecule has 0 spiro atoms. The molecule has 1 fully saturated rings. The number of piperidine rings is 1. The molecule has 0 saturated carbocycles. The van der Waals surface area contributed by atoms with Gasteiger partial charge in [0, 0.05) is 29.4 Å². The van der Waals surface area contributed by atoms with Crippen molar-refractivity contribution in [2.24, 2.45) is 5.92 Å². The van der Waals surface area contributed by atoms with Crippen LogP contribution < -0.4 is 10.2 Å². The molecule has 0 unspecified atom stereocenters. The number of nitrogens with one attached hydrogen (secondary N) is 1. The van der Waals surface area contributed by atoms with Crippen LogP contribution in [0.15, 0.2) is 22.7 Å². The van der Waals surface area contributed by atoms with Gasteiger partial charge in [0.1, 0.15) is 10.8 Å². The van der Waals surface area contributed by atoms with Crippen LogP contribution in [0.1, 0.15) is 34.2 Å². The van der Waals surface area contributed by atoms with E-state index in [1.807, 2.05) is 18.7 Å². The van der Waals surface area contributed by atoms with Crippen LogP contribution in [0.2, 0.25) is 0 Å². The molecular formula is C21H24FN5O2S. The summed E-state index contributed by atoms with van der Waals surface area (Å²) in [5, 5.41) is 7.66. The fourth-order valence-corrected chi connectivity index (χ4v) is 4.49. The third-order valence-corrected chi connectivity index (χ3v) is 6.49. The van der Waals surface area contributed by atoms with Crippen LogP contribution in [0, 0.1) is 32.5 Å². The van der Waals surface area contributed by atoms with E-state index in [9.17, 15) is 9.18 Å². The molecule has 1 aromatic carbocycles. The van der Waals surface area contributed by atoms with Crippen molar-refractivity contribution in [1.29, 1.82) is 0 Å². The topological polar surface area (TPSA) is 84.2 Å². The average Bonchev–Trinajstić information content (AvgIpc) is 3.31. The summed E-state index contributed by atoms with van der Waals surface area (Å²) >= 11 is 1.61. The van der Waals surface area contributed by atoms with Gasteiger partial charge in [0.25, 0.3) is 5.89 Å². The van der Waals surface area contributed by atoms with Gasteiger partial charge in [-0.1, -0.05) is 5.16 Å². The molecule has 1 saturated heterocycles. The lowest BCUT2D eigenvalue weighted by molar-refractivity contribution is -0.125. The number of carbonyl (C=O) groups excluding carboxylic acids is 1. The van der Waals surface area contributed by atoms with Gasteiger partial charge in [-0.3, -0.25) is 4.79 Å². The lowest BCUT2D eigenvalue weighted by Crippen LogP contribution is -2.40. The molecule has 7 nitrogen and oxygen atoms in total. The number of aryl methyl sites for hydroxylation is 3. The Hall–Kier alpha value is -2.81. The zero-order valence-electron chi connectivity index (χ0n) is 17.2. The predicted molar refractivity (Wildman–Crippen MR) is 113 cm³/mol. The van der Waals surface area contributed by atoms with Crippen molar-refractivity contribution in [3.05, 3.63) is 45.4 Å². The SMILES string of the molecule is Cc1noc(-c2ccc(N3CCC(C(=O)NCc4nc(C)c(C)s4)CC3)c(F)c2)n1. The number of hydrogen-bond acceptors (Lipinski definition) is 7. The maximum atomic E-state index is 14.7. The second-order valence-corrected chi connectivity index (χ2v) is 8.83. The highest BCUT2D eigenvalue weighted by Crippen LogP contribution is 2.29. The third kappa shape index (κ3) is 4.35. The minimum Gasteiger partial charge on any atom is -0.369 e. The Morgan fingerprint density at radius 2 is 2.03 bits per heavy atom. The van der Waals surface area contributed by atoms with Gasteiger partial charge in [0.05, 0.1) is 17.9 Å². The number of aromatic nitrogens is 3. The minimum absolute atomic E-state index is 0.0442. The first kappa shape index (κ1) is 20.5. The van der Waals surface area contributed by atoms with Gasteiger partial charge in [-0.2, -0.15) is 4.98 Å². The average molecular weight is 430 g/mol. The number of benzene rings is 1. The van der Waals surface area contributed by atoms with Gasteiger partial charge in [-0.25, -0.2) is 9.37 Å². The lowest BCUT2D eigenvalue weighted by Gasteiger charge is -2.33. The fourth-order valence-electron chi connectivity index (χ4n) is 3.62. The van der Waals surface area contributed by atoms with Gasteiger partial charge in [0.15, 0.2) is 5.82 Å². The van der Waals surface area contributed by atoms with E-state index in [0.29, 0.717) is 55.4 Å². The largest absolute Gasteiger partial charge is 0.369 e. The number of hydrogen-bond donors (Lipinski definition) is 1. The quantitative estimate of drug-likeness (QED) is 0.664. The van der Waals surface area contributed by atoms with Crippen LogP contribution in [0.25, 0.3) is 11.5 Å². The van der Waals surface area contributed by atoms with Crippen LogP contribution in [0.3, 0.4) is 0 Å². The smallest absolute Gasteiger partial charge is 0.258 e. The summed E-state index contributed by atoms with van der Waals surface area (Å²) in [6.45, 7) is 7.44. The molecule has 2 aromatic heterocycles. The van der Waals surface area contributed by atoms with E-state index in [1.165, 1.54) is 10.9 Å². The van der Waals surface area contributed by atoms with E-state index in [0.717, 1.165) is 10.7 Å². The first-order chi connectivity index (χ1) is 14.4. The number of anilines is 1. The van der Waals surface area contributed by atoms with E-state index in [1.54, 1.807) is 30.4 Å². The van der Waals surface area contributed by atoms with E-state index < -0.39 is 0 Å². The van der Waals surface area contributed by atoms with Crippen molar-refractivity contribution >= 4 is 22.9 Å². The van der Waals surface area contributed by atoms with Crippen LogP contribution in [-0.2, 0) is 11.3 Å². The summed E-state index contributed by atoms with van der Waals surface area (Å²) in [5.74, 6) is 0.463. The number of carbonyl (C=O) groups is 1. The predicted octanol–water partition coefficient (Wildman–Crippen LogP) is 3.79. The first-order valence-corrected chi connectivity index (χ1v) is 10.8. The van der Waals surface area contributed by atoms with Crippen LogP contribution in [-0.4, -0.2) is 34.1 Å². The third-order valence-electron chi connectivity index (χ3n) is 5.42. The minimum atomic E-state index is -0.333. The molecule has 0 atom stereocenters. The molecule has 9 heteroatoms. The number of rotatable bonds is 5. The van der Waals surface area contributed by atoms with E-state index >= 15 is 0 Å².